The fourth-order valence-corrected chi connectivity index (χ4v) is 1.96. The summed E-state index contributed by atoms with van der Waals surface area (Å²) in [6.45, 7) is 4.02. The molecule has 0 heterocycles. The first kappa shape index (κ1) is 14.1. The number of rotatable bonds is 4. The van der Waals surface area contributed by atoms with Crippen molar-refractivity contribution in [3.63, 3.8) is 0 Å². The van der Waals surface area contributed by atoms with Crippen molar-refractivity contribution in [3.8, 4) is 5.75 Å². The normalized spacial score (nSPS) is 10.1. The minimum absolute atomic E-state index is 0.0240. The van der Waals surface area contributed by atoms with Gasteiger partial charge in [0.05, 0.1) is 0 Å². The van der Waals surface area contributed by atoms with Crippen molar-refractivity contribution < 1.29 is 9.90 Å². The average molecular weight is 266 g/mol. The number of phenolic OH excluding ortho intramolecular Hbond substituents is 1. The Morgan fingerprint density at radius 3 is 2.40 bits per heavy atom. The van der Waals surface area contributed by atoms with Gasteiger partial charge >= 0.3 is 0 Å². The molecule has 0 amide bonds. The minimum atomic E-state index is -0.0240. The van der Waals surface area contributed by atoms with Crippen LogP contribution in [-0.4, -0.2) is 10.9 Å². The zero-order valence-electron chi connectivity index (χ0n) is 11.8. The highest BCUT2D eigenvalue weighted by Crippen LogP contribution is 2.21. The van der Waals surface area contributed by atoms with Gasteiger partial charge in [0.2, 0.25) is 0 Å². The lowest BCUT2D eigenvalue weighted by Crippen LogP contribution is -2.01. The van der Waals surface area contributed by atoms with Crippen molar-refractivity contribution in [1.82, 2.24) is 0 Å². The second-order valence-electron chi connectivity index (χ2n) is 5.02. The first-order valence-electron chi connectivity index (χ1n) is 6.63. The highest BCUT2D eigenvalue weighted by Gasteiger charge is 2.10. The van der Waals surface area contributed by atoms with Gasteiger partial charge < -0.3 is 5.11 Å². The van der Waals surface area contributed by atoms with Gasteiger partial charge in [-0.3, -0.25) is 4.79 Å². The van der Waals surface area contributed by atoms with E-state index in [2.05, 4.69) is 0 Å². The first-order chi connectivity index (χ1) is 9.58. The lowest BCUT2D eigenvalue weighted by atomic mass is 9.99. The average Bonchev–Trinajstić information content (AvgIpc) is 2.46. The lowest BCUT2D eigenvalue weighted by molar-refractivity contribution is 0.103. The molecule has 102 valence electrons. The maximum absolute atomic E-state index is 12.4. The quantitative estimate of drug-likeness (QED) is 0.667. The third-order valence-electron chi connectivity index (χ3n) is 3.11. The van der Waals surface area contributed by atoms with E-state index in [1.54, 1.807) is 30.3 Å². The molecular formula is C18H18O2. The number of carbonyl (C=O) groups is 1. The van der Waals surface area contributed by atoms with Crippen molar-refractivity contribution in [2.24, 2.45) is 0 Å². The topological polar surface area (TPSA) is 37.3 Å². The molecule has 0 radical (unpaired) electrons. The molecule has 1 N–H and O–H groups in total. The van der Waals surface area contributed by atoms with Crippen LogP contribution in [0.15, 0.2) is 60.2 Å². The third kappa shape index (κ3) is 3.35. The van der Waals surface area contributed by atoms with Crippen LogP contribution >= 0.6 is 0 Å². The molecule has 20 heavy (non-hydrogen) atoms. The fourth-order valence-electron chi connectivity index (χ4n) is 1.96. The molecule has 2 rings (SSSR count). The molecule has 0 saturated heterocycles. The Labute approximate surface area is 119 Å². The molecule has 0 aromatic heterocycles. The SMILES string of the molecule is CC(C)=CCc1cc(C(=O)c2ccccc2)ccc1O. The highest BCUT2D eigenvalue weighted by atomic mass is 16.3. The van der Waals surface area contributed by atoms with Gasteiger partial charge in [-0.05, 0) is 44.0 Å². The van der Waals surface area contributed by atoms with Gasteiger partial charge in [-0.25, -0.2) is 0 Å². The Hall–Kier alpha value is -2.35. The number of benzene rings is 2. The third-order valence-corrected chi connectivity index (χ3v) is 3.11. The molecule has 2 heteroatoms. The fraction of sp³-hybridized carbons (Fsp3) is 0.167. The second kappa shape index (κ2) is 6.20. The monoisotopic (exact) mass is 266 g/mol. The van der Waals surface area contributed by atoms with Crippen molar-refractivity contribution in [1.29, 1.82) is 0 Å². The van der Waals surface area contributed by atoms with E-state index in [1.807, 2.05) is 38.1 Å². The van der Waals surface area contributed by atoms with Crippen LogP contribution in [0.1, 0.15) is 35.3 Å². The van der Waals surface area contributed by atoms with Gasteiger partial charge in [0, 0.05) is 11.1 Å². The van der Waals surface area contributed by atoms with E-state index >= 15 is 0 Å². The van der Waals surface area contributed by atoms with Crippen LogP contribution in [0.5, 0.6) is 5.75 Å². The van der Waals surface area contributed by atoms with Crippen LogP contribution in [-0.2, 0) is 6.42 Å². The van der Waals surface area contributed by atoms with E-state index in [0.29, 0.717) is 17.5 Å². The molecule has 0 aliphatic heterocycles. The number of phenols is 1. The predicted octanol–water partition coefficient (Wildman–Crippen LogP) is 4.13. The summed E-state index contributed by atoms with van der Waals surface area (Å²) in [5.41, 5.74) is 3.22. The van der Waals surface area contributed by atoms with Crippen LogP contribution in [0.25, 0.3) is 0 Å². The molecule has 0 unspecified atom stereocenters. The van der Waals surface area contributed by atoms with Gasteiger partial charge in [-0.15, -0.1) is 0 Å². The van der Waals surface area contributed by atoms with Crippen molar-refractivity contribution in [2.45, 2.75) is 20.3 Å². The van der Waals surface area contributed by atoms with E-state index in [4.69, 9.17) is 0 Å². The van der Waals surface area contributed by atoms with Crippen LogP contribution in [0.3, 0.4) is 0 Å². The summed E-state index contributed by atoms with van der Waals surface area (Å²) in [6.07, 6.45) is 2.66. The van der Waals surface area contributed by atoms with Crippen molar-refractivity contribution >= 4 is 5.78 Å². The number of ketones is 1. The predicted molar refractivity (Wildman–Crippen MR) is 81.1 cm³/mol. The first-order valence-corrected chi connectivity index (χ1v) is 6.63. The zero-order chi connectivity index (χ0) is 14.5. The number of hydrogen-bond donors (Lipinski definition) is 1. The summed E-state index contributed by atoms with van der Waals surface area (Å²) in [7, 11) is 0. The van der Waals surface area contributed by atoms with Crippen molar-refractivity contribution in [2.75, 3.05) is 0 Å². The molecule has 0 aliphatic carbocycles. The smallest absolute Gasteiger partial charge is 0.193 e. The summed E-state index contributed by atoms with van der Waals surface area (Å²) >= 11 is 0. The van der Waals surface area contributed by atoms with E-state index in [-0.39, 0.29) is 11.5 Å². The summed E-state index contributed by atoms with van der Waals surface area (Å²) in [4.78, 5) is 12.4. The summed E-state index contributed by atoms with van der Waals surface area (Å²) in [5.74, 6) is 0.205. The summed E-state index contributed by atoms with van der Waals surface area (Å²) in [6, 6.07) is 14.2. The van der Waals surface area contributed by atoms with Crippen LogP contribution in [0.2, 0.25) is 0 Å². The second-order valence-corrected chi connectivity index (χ2v) is 5.02. The standard InChI is InChI=1S/C18H18O2/c1-13(2)8-9-15-12-16(10-11-17(15)19)18(20)14-6-4-3-5-7-14/h3-8,10-12,19H,9H2,1-2H3. The Balaban J connectivity index is 2.32. The lowest BCUT2D eigenvalue weighted by Gasteiger charge is -2.06. The summed E-state index contributed by atoms with van der Waals surface area (Å²) in [5, 5.41) is 9.86. The minimum Gasteiger partial charge on any atom is -0.508 e. The maximum atomic E-state index is 12.4. The Morgan fingerprint density at radius 1 is 1.05 bits per heavy atom. The van der Waals surface area contributed by atoms with Crippen LogP contribution in [0.4, 0.5) is 0 Å². The number of carbonyl (C=O) groups excluding carboxylic acids is 1. The number of hydrogen-bond acceptors (Lipinski definition) is 2. The largest absolute Gasteiger partial charge is 0.508 e. The Bertz CT molecular complexity index is 636. The van der Waals surface area contributed by atoms with Crippen LogP contribution in [0, 0.1) is 0 Å². The molecule has 2 aromatic rings. The van der Waals surface area contributed by atoms with Gasteiger partial charge in [0.1, 0.15) is 5.75 Å². The number of aromatic hydroxyl groups is 1. The van der Waals surface area contributed by atoms with Gasteiger partial charge in [-0.2, -0.15) is 0 Å². The van der Waals surface area contributed by atoms with E-state index in [0.717, 1.165) is 5.56 Å². The molecule has 0 aliphatic rings. The molecular weight excluding hydrogens is 248 g/mol. The van der Waals surface area contributed by atoms with Crippen molar-refractivity contribution in [3.05, 3.63) is 76.9 Å². The summed E-state index contributed by atoms with van der Waals surface area (Å²) < 4.78 is 0. The van der Waals surface area contributed by atoms with E-state index < -0.39 is 0 Å². The highest BCUT2D eigenvalue weighted by molar-refractivity contribution is 6.09. The molecule has 0 bridgehead atoms. The van der Waals surface area contributed by atoms with Crippen LogP contribution < -0.4 is 0 Å². The molecule has 0 spiro atoms. The Kier molecular flexibility index (Phi) is 4.36. The Morgan fingerprint density at radius 2 is 1.75 bits per heavy atom. The van der Waals surface area contributed by atoms with E-state index in [1.165, 1.54) is 5.57 Å². The molecule has 2 aromatic carbocycles. The number of allylic oxidation sites excluding steroid dienone is 2. The molecule has 0 atom stereocenters. The molecule has 0 saturated carbocycles. The zero-order valence-corrected chi connectivity index (χ0v) is 11.8. The van der Waals surface area contributed by atoms with E-state index in [9.17, 15) is 9.90 Å². The van der Waals surface area contributed by atoms with Gasteiger partial charge in [0.15, 0.2) is 5.78 Å². The molecule has 2 nitrogen and oxygen atoms in total. The van der Waals surface area contributed by atoms with Gasteiger partial charge in [0.25, 0.3) is 0 Å². The van der Waals surface area contributed by atoms with Gasteiger partial charge in [-0.1, -0.05) is 42.0 Å². The molecule has 0 fully saturated rings. The maximum Gasteiger partial charge on any atom is 0.193 e.